The molecule has 3 nitrogen and oxygen atoms in total. The van der Waals surface area contributed by atoms with E-state index in [1.165, 1.54) is 38.9 Å². The lowest BCUT2D eigenvalue weighted by Crippen LogP contribution is -2.15. The fourth-order valence-electron chi connectivity index (χ4n) is 10.5. The molecule has 312 valence electrons. The van der Waals surface area contributed by atoms with Gasteiger partial charge in [-0.05, 0) is 116 Å². The van der Waals surface area contributed by atoms with E-state index in [1.807, 2.05) is 24.3 Å². The van der Waals surface area contributed by atoms with Gasteiger partial charge in [0.1, 0.15) is 22.3 Å². The zero-order valence-electron chi connectivity index (χ0n) is 36.6. The van der Waals surface area contributed by atoms with E-state index in [2.05, 4.69) is 219 Å². The van der Waals surface area contributed by atoms with Crippen LogP contribution in [0.5, 0.6) is 0 Å². The highest BCUT2D eigenvalue weighted by Gasteiger charge is 2.36. The van der Waals surface area contributed by atoms with Crippen LogP contribution in [0.15, 0.2) is 233 Å². The number of fused-ring (bicyclic) bond motifs is 9. The molecule has 0 saturated carbocycles. The summed E-state index contributed by atoms with van der Waals surface area (Å²) < 4.78 is 12.9. The van der Waals surface area contributed by atoms with Gasteiger partial charge < -0.3 is 13.7 Å². The predicted molar refractivity (Wildman–Crippen MR) is 275 cm³/mol. The third-order valence-corrected chi connectivity index (χ3v) is 13.9. The molecule has 0 N–H and O–H groups in total. The summed E-state index contributed by atoms with van der Waals surface area (Å²) >= 11 is 0. The Bertz CT molecular complexity index is 3680. The third-order valence-electron chi connectivity index (χ3n) is 13.9. The van der Waals surface area contributed by atoms with Gasteiger partial charge in [-0.15, -0.1) is 0 Å². The van der Waals surface area contributed by atoms with Gasteiger partial charge >= 0.3 is 0 Å². The molecule has 1 aliphatic carbocycles. The summed E-state index contributed by atoms with van der Waals surface area (Å²) in [4.78, 5) is 2.36. The quantitative estimate of drug-likeness (QED) is 0.160. The van der Waals surface area contributed by atoms with E-state index in [1.54, 1.807) is 0 Å². The lowest BCUT2D eigenvalue weighted by Gasteiger charge is -2.26. The highest BCUT2D eigenvalue weighted by molar-refractivity contribution is 6.10. The van der Waals surface area contributed by atoms with Gasteiger partial charge in [-0.2, -0.15) is 0 Å². The zero-order valence-corrected chi connectivity index (χ0v) is 36.6. The number of rotatable bonds is 7. The normalized spacial score (nSPS) is 12.8. The molecule has 66 heavy (non-hydrogen) atoms. The maximum Gasteiger partial charge on any atom is 0.143 e. The Balaban J connectivity index is 0.907. The van der Waals surface area contributed by atoms with E-state index < -0.39 is 0 Å². The van der Waals surface area contributed by atoms with Crippen LogP contribution in [0, 0.1) is 0 Å². The van der Waals surface area contributed by atoms with Crippen molar-refractivity contribution in [3.05, 3.63) is 236 Å². The highest BCUT2D eigenvalue weighted by Crippen LogP contribution is 2.51. The van der Waals surface area contributed by atoms with Crippen LogP contribution in [0.2, 0.25) is 0 Å². The van der Waals surface area contributed by atoms with Gasteiger partial charge in [0, 0.05) is 55.1 Å². The van der Waals surface area contributed by atoms with E-state index in [9.17, 15) is 0 Å². The Hall–Kier alpha value is -8.40. The van der Waals surface area contributed by atoms with Crippen LogP contribution in [-0.2, 0) is 5.41 Å². The second kappa shape index (κ2) is 14.8. The van der Waals surface area contributed by atoms with Gasteiger partial charge in [0.2, 0.25) is 0 Å². The number of benzene rings is 10. The van der Waals surface area contributed by atoms with Crippen LogP contribution < -0.4 is 4.90 Å². The molecule has 0 unspecified atom stereocenters. The molecule has 13 rings (SSSR count). The summed E-state index contributed by atoms with van der Waals surface area (Å²) in [5.41, 5.74) is 21.2. The van der Waals surface area contributed by atoms with Crippen molar-refractivity contribution in [3.63, 3.8) is 0 Å². The van der Waals surface area contributed by atoms with Crippen molar-refractivity contribution in [1.29, 1.82) is 0 Å². The van der Waals surface area contributed by atoms with Crippen molar-refractivity contribution in [2.24, 2.45) is 0 Å². The zero-order chi connectivity index (χ0) is 43.9. The van der Waals surface area contributed by atoms with Crippen molar-refractivity contribution in [1.82, 2.24) is 0 Å². The highest BCUT2D eigenvalue weighted by atomic mass is 16.3. The predicted octanol–water partition coefficient (Wildman–Crippen LogP) is 17.9. The molecule has 0 saturated heterocycles. The Morgan fingerprint density at radius 3 is 1.41 bits per heavy atom. The lowest BCUT2D eigenvalue weighted by atomic mass is 9.81. The molecule has 0 bridgehead atoms. The summed E-state index contributed by atoms with van der Waals surface area (Å²) in [5, 5.41) is 4.51. The van der Waals surface area contributed by atoms with Crippen LogP contribution in [0.4, 0.5) is 17.1 Å². The maximum absolute atomic E-state index is 6.47. The number of hydrogen-bond acceptors (Lipinski definition) is 3. The number of para-hydroxylation sites is 4. The molecule has 1 aliphatic rings. The molecular formula is C63H43NO2. The minimum atomic E-state index is -0.114. The summed E-state index contributed by atoms with van der Waals surface area (Å²) in [6.45, 7) is 4.71. The van der Waals surface area contributed by atoms with Crippen LogP contribution in [-0.4, -0.2) is 0 Å². The Labute approximate surface area is 383 Å². The average molecular weight is 846 g/mol. The fourth-order valence-corrected chi connectivity index (χ4v) is 10.5. The smallest absolute Gasteiger partial charge is 0.143 e. The number of nitrogens with zero attached hydrogens (tertiary/aromatic N) is 1. The second-order valence-electron chi connectivity index (χ2n) is 18.1. The Kier molecular flexibility index (Phi) is 8.56. The largest absolute Gasteiger partial charge is 0.455 e. The van der Waals surface area contributed by atoms with Crippen molar-refractivity contribution >= 4 is 60.9 Å². The van der Waals surface area contributed by atoms with E-state index in [0.29, 0.717) is 0 Å². The van der Waals surface area contributed by atoms with E-state index in [-0.39, 0.29) is 5.41 Å². The lowest BCUT2D eigenvalue weighted by molar-refractivity contribution is 0.660. The summed E-state index contributed by atoms with van der Waals surface area (Å²) in [5.74, 6) is 0. The number of furan rings is 2. The van der Waals surface area contributed by atoms with Crippen LogP contribution in [0.25, 0.3) is 99.5 Å². The fraction of sp³-hybridized carbons (Fsp3) is 0.0476. The minimum absolute atomic E-state index is 0.114. The van der Waals surface area contributed by atoms with Crippen molar-refractivity contribution in [2.75, 3.05) is 4.90 Å². The van der Waals surface area contributed by atoms with E-state index in [0.717, 1.165) is 88.8 Å². The summed E-state index contributed by atoms with van der Waals surface area (Å²) in [6, 6.07) is 80.9. The molecular weight excluding hydrogens is 803 g/mol. The monoisotopic (exact) mass is 845 g/mol. The summed E-state index contributed by atoms with van der Waals surface area (Å²) in [7, 11) is 0. The third kappa shape index (κ3) is 6.04. The van der Waals surface area contributed by atoms with E-state index >= 15 is 0 Å². The standard InChI is InChI=1S/C63H43NO2/c1-63(2)57-36-30-44(38-56(57)51-35-29-45(39-58(51)63)40-13-4-3-5-14-40)43-15-10-16-48(37-43)64(46-31-25-41(26-32-46)49-19-11-21-54-52-17-6-8-23-59(52)65-61(49)54)47-33-27-42(28-34-47)50-20-12-22-55-53-18-7-9-24-60(53)66-62(50)55/h3-39H,1-2H3. The van der Waals surface area contributed by atoms with Crippen LogP contribution >= 0.6 is 0 Å². The van der Waals surface area contributed by atoms with Gasteiger partial charge in [0.25, 0.3) is 0 Å². The Morgan fingerprint density at radius 2 is 0.788 bits per heavy atom. The molecule has 0 fully saturated rings. The first-order valence-electron chi connectivity index (χ1n) is 22.7. The van der Waals surface area contributed by atoms with E-state index in [4.69, 9.17) is 8.83 Å². The van der Waals surface area contributed by atoms with Gasteiger partial charge in [-0.1, -0.05) is 178 Å². The molecule has 0 aliphatic heterocycles. The molecule has 0 radical (unpaired) electrons. The second-order valence-corrected chi connectivity index (χ2v) is 18.1. The first-order chi connectivity index (χ1) is 32.5. The molecule has 0 atom stereocenters. The van der Waals surface area contributed by atoms with Gasteiger partial charge in [-0.3, -0.25) is 0 Å². The number of hydrogen-bond donors (Lipinski definition) is 0. The minimum Gasteiger partial charge on any atom is -0.455 e. The van der Waals surface area contributed by atoms with Crippen molar-refractivity contribution in [3.8, 4) is 55.6 Å². The first-order valence-corrected chi connectivity index (χ1v) is 22.7. The summed E-state index contributed by atoms with van der Waals surface area (Å²) in [6.07, 6.45) is 0. The molecule has 2 heterocycles. The van der Waals surface area contributed by atoms with Crippen molar-refractivity contribution < 1.29 is 8.83 Å². The molecule has 3 heteroatoms. The maximum atomic E-state index is 6.47. The number of anilines is 3. The van der Waals surface area contributed by atoms with Gasteiger partial charge in [0.15, 0.2) is 0 Å². The SMILES string of the molecule is CC1(C)c2ccc(-c3cccc(N(c4ccc(-c5cccc6c5oc5ccccc56)cc4)c4ccc(-c5cccc6c5oc5ccccc56)cc4)c3)cc2-c2ccc(-c3ccccc3)cc21. The van der Waals surface area contributed by atoms with Gasteiger partial charge in [-0.25, -0.2) is 0 Å². The van der Waals surface area contributed by atoms with Crippen LogP contribution in [0.3, 0.4) is 0 Å². The van der Waals surface area contributed by atoms with Gasteiger partial charge in [0.05, 0.1) is 0 Å². The molecule has 0 spiro atoms. The first kappa shape index (κ1) is 38.1. The van der Waals surface area contributed by atoms with Crippen LogP contribution in [0.1, 0.15) is 25.0 Å². The molecule has 12 aromatic rings. The molecule has 2 aromatic heterocycles. The van der Waals surface area contributed by atoms with Crippen molar-refractivity contribution in [2.45, 2.75) is 19.3 Å². The molecule has 10 aromatic carbocycles. The topological polar surface area (TPSA) is 29.5 Å². The Morgan fingerprint density at radius 1 is 0.303 bits per heavy atom. The molecule has 0 amide bonds. The average Bonchev–Trinajstić information content (AvgIpc) is 4.02.